The lowest BCUT2D eigenvalue weighted by Crippen LogP contribution is -2.25. The Kier molecular flexibility index (Phi) is 4.06. The molecule has 2 aromatic rings. The molecule has 0 aromatic carbocycles. The Balaban J connectivity index is 2.08. The van der Waals surface area contributed by atoms with Gasteiger partial charge in [0.2, 0.25) is 0 Å². The molecule has 2 rings (SSSR count). The van der Waals surface area contributed by atoms with E-state index in [2.05, 4.69) is 4.98 Å². The smallest absolute Gasteiger partial charge is 0.263 e. The van der Waals surface area contributed by atoms with Crippen LogP contribution < -0.4 is 0 Å². The average Bonchev–Trinajstić information content (AvgIpc) is 2.88. The molecule has 0 bridgehead atoms. The Hall–Kier alpha value is -2.01. The highest BCUT2D eigenvalue weighted by molar-refractivity contribution is 7.15. The van der Waals surface area contributed by atoms with Gasteiger partial charge in [0.15, 0.2) is 5.78 Å². The predicted molar refractivity (Wildman–Crippen MR) is 74.4 cm³/mol. The fourth-order valence-electron chi connectivity index (χ4n) is 1.66. The number of hydrogen-bond donors (Lipinski definition) is 0. The van der Waals surface area contributed by atoms with Crippen LogP contribution in [0.15, 0.2) is 36.7 Å². The van der Waals surface area contributed by atoms with Gasteiger partial charge in [0.1, 0.15) is 0 Å². The number of amides is 1. The Labute approximate surface area is 115 Å². The summed E-state index contributed by atoms with van der Waals surface area (Å²) in [5.74, 6) is -0.0878. The molecule has 0 saturated heterocycles. The highest BCUT2D eigenvalue weighted by atomic mass is 32.1. The zero-order valence-electron chi connectivity index (χ0n) is 10.8. The van der Waals surface area contributed by atoms with Crippen LogP contribution in [-0.2, 0) is 6.54 Å². The number of carbonyl (C=O) groups is 2. The van der Waals surface area contributed by atoms with E-state index in [0.29, 0.717) is 16.3 Å². The molecule has 2 aromatic heterocycles. The highest BCUT2D eigenvalue weighted by Crippen LogP contribution is 2.19. The van der Waals surface area contributed by atoms with Crippen LogP contribution in [0, 0.1) is 0 Å². The molecule has 0 atom stereocenters. The molecule has 0 spiro atoms. The van der Waals surface area contributed by atoms with Gasteiger partial charge in [0, 0.05) is 26.0 Å². The maximum atomic E-state index is 12.2. The lowest BCUT2D eigenvalue weighted by atomic mass is 10.2. The van der Waals surface area contributed by atoms with Gasteiger partial charge in [0.25, 0.3) is 5.91 Å². The molecule has 0 unspecified atom stereocenters. The van der Waals surface area contributed by atoms with Gasteiger partial charge in [-0.25, -0.2) is 0 Å². The number of Topliss-reactive ketones (excluding diaryl/α,β-unsaturated/α-hetero) is 1. The van der Waals surface area contributed by atoms with E-state index in [1.807, 2.05) is 12.1 Å². The summed E-state index contributed by atoms with van der Waals surface area (Å²) in [5, 5.41) is 0. The molecule has 0 radical (unpaired) electrons. The van der Waals surface area contributed by atoms with Gasteiger partial charge < -0.3 is 4.90 Å². The minimum Gasteiger partial charge on any atom is -0.337 e. The van der Waals surface area contributed by atoms with Crippen molar-refractivity contribution in [2.75, 3.05) is 7.05 Å². The molecule has 0 aliphatic carbocycles. The number of ketones is 1. The highest BCUT2D eigenvalue weighted by Gasteiger charge is 2.15. The van der Waals surface area contributed by atoms with Gasteiger partial charge in [-0.3, -0.25) is 14.6 Å². The Morgan fingerprint density at radius 1 is 1.16 bits per heavy atom. The zero-order chi connectivity index (χ0) is 13.8. The van der Waals surface area contributed by atoms with Crippen molar-refractivity contribution in [3.8, 4) is 0 Å². The number of rotatable bonds is 4. The standard InChI is InChI=1S/C14H14N2O2S/c1-10(17)12-3-4-13(19-12)14(18)16(2)9-11-5-7-15-8-6-11/h3-8H,9H2,1-2H3. The third kappa shape index (κ3) is 3.26. The molecule has 0 aliphatic heterocycles. The van der Waals surface area contributed by atoms with E-state index in [1.54, 1.807) is 36.5 Å². The monoisotopic (exact) mass is 274 g/mol. The largest absolute Gasteiger partial charge is 0.337 e. The number of carbonyl (C=O) groups excluding carboxylic acids is 2. The summed E-state index contributed by atoms with van der Waals surface area (Å²) < 4.78 is 0. The van der Waals surface area contributed by atoms with Gasteiger partial charge in [-0.2, -0.15) is 0 Å². The van der Waals surface area contributed by atoms with Crippen molar-refractivity contribution >= 4 is 23.0 Å². The van der Waals surface area contributed by atoms with Crippen LogP contribution in [-0.4, -0.2) is 28.6 Å². The summed E-state index contributed by atoms with van der Waals surface area (Å²) in [6, 6.07) is 7.14. The van der Waals surface area contributed by atoms with Crippen LogP contribution >= 0.6 is 11.3 Å². The van der Waals surface area contributed by atoms with Crippen LogP contribution in [0.25, 0.3) is 0 Å². The summed E-state index contributed by atoms with van der Waals surface area (Å²) in [5.41, 5.74) is 1.02. The summed E-state index contributed by atoms with van der Waals surface area (Å²) in [6.45, 7) is 2.02. The molecule has 0 fully saturated rings. The fraction of sp³-hybridized carbons (Fsp3) is 0.214. The second-order valence-corrected chi connectivity index (χ2v) is 5.32. The van der Waals surface area contributed by atoms with Crippen LogP contribution in [0.3, 0.4) is 0 Å². The maximum Gasteiger partial charge on any atom is 0.263 e. The summed E-state index contributed by atoms with van der Waals surface area (Å²) in [7, 11) is 1.75. The van der Waals surface area contributed by atoms with E-state index in [9.17, 15) is 9.59 Å². The van der Waals surface area contributed by atoms with E-state index in [1.165, 1.54) is 18.3 Å². The molecule has 0 N–H and O–H groups in total. The number of aromatic nitrogens is 1. The van der Waals surface area contributed by atoms with Crippen molar-refractivity contribution in [2.24, 2.45) is 0 Å². The van der Waals surface area contributed by atoms with Gasteiger partial charge in [-0.05, 0) is 36.8 Å². The van der Waals surface area contributed by atoms with E-state index >= 15 is 0 Å². The van der Waals surface area contributed by atoms with Gasteiger partial charge in [0.05, 0.1) is 9.75 Å². The normalized spacial score (nSPS) is 10.2. The quantitative estimate of drug-likeness (QED) is 0.805. The van der Waals surface area contributed by atoms with Crippen molar-refractivity contribution in [3.05, 3.63) is 52.0 Å². The van der Waals surface area contributed by atoms with E-state index in [4.69, 9.17) is 0 Å². The van der Waals surface area contributed by atoms with Crippen molar-refractivity contribution < 1.29 is 9.59 Å². The predicted octanol–water partition coefficient (Wildman–Crippen LogP) is 2.62. The first kappa shape index (κ1) is 13.4. The average molecular weight is 274 g/mol. The fourth-order valence-corrected chi connectivity index (χ4v) is 2.56. The molecule has 1 amide bonds. The maximum absolute atomic E-state index is 12.2. The third-order valence-electron chi connectivity index (χ3n) is 2.68. The molecular formula is C14H14N2O2S. The second-order valence-electron chi connectivity index (χ2n) is 4.24. The molecule has 19 heavy (non-hydrogen) atoms. The molecule has 4 nitrogen and oxygen atoms in total. The van der Waals surface area contributed by atoms with Crippen LogP contribution in [0.2, 0.25) is 0 Å². The zero-order valence-corrected chi connectivity index (χ0v) is 11.6. The Bertz CT molecular complexity index is 593. The minimum absolute atomic E-state index is 0.0131. The van der Waals surface area contributed by atoms with Crippen molar-refractivity contribution in [1.82, 2.24) is 9.88 Å². The summed E-state index contributed by atoms with van der Waals surface area (Å²) in [6.07, 6.45) is 3.40. The number of nitrogens with zero attached hydrogens (tertiary/aromatic N) is 2. The minimum atomic E-state index is -0.0747. The number of pyridine rings is 1. The Morgan fingerprint density at radius 3 is 2.37 bits per heavy atom. The molecule has 2 heterocycles. The molecule has 5 heteroatoms. The van der Waals surface area contributed by atoms with Crippen molar-refractivity contribution in [2.45, 2.75) is 13.5 Å². The first-order valence-electron chi connectivity index (χ1n) is 5.83. The lowest BCUT2D eigenvalue weighted by Gasteiger charge is -2.16. The molecule has 98 valence electrons. The van der Waals surface area contributed by atoms with Crippen LogP contribution in [0.4, 0.5) is 0 Å². The van der Waals surface area contributed by atoms with Crippen molar-refractivity contribution in [3.63, 3.8) is 0 Å². The number of hydrogen-bond acceptors (Lipinski definition) is 4. The summed E-state index contributed by atoms with van der Waals surface area (Å²) in [4.78, 5) is 30.2. The van der Waals surface area contributed by atoms with Crippen molar-refractivity contribution in [1.29, 1.82) is 0 Å². The summed E-state index contributed by atoms with van der Waals surface area (Å²) >= 11 is 1.23. The van der Waals surface area contributed by atoms with Gasteiger partial charge in [-0.15, -0.1) is 11.3 Å². The van der Waals surface area contributed by atoms with Crippen LogP contribution in [0.5, 0.6) is 0 Å². The SMILES string of the molecule is CC(=O)c1ccc(C(=O)N(C)Cc2ccncc2)s1. The van der Waals surface area contributed by atoms with E-state index < -0.39 is 0 Å². The molecule has 0 aliphatic rings. The number of thiophene rings is 1. The Morgan fingerprint density at radius 2 is 1.79 bits per heavy atom. The van der Waals surface area contributed by atoms with E-state index in [0.717, 1.165) is 5.56 Å². The van der Waals surface area contributed by atoms with E-state index in [-0.39, 0.29) is 11.7 Å². The lowest BCUT2D eigenvalue weighted by molar-refractivity contribution is 0.0789. The topological polar surface area (TPSA) is 50.3 Å². The van der Waals surface area contributed by atoms with Crippen LogP contribution in [0.1, 0.15) is 31.8 Å². The van der Waals surface area contributed by atoms with Gasteiger partial charge >= 0.3 is 0 Å². The molecular weight excluding hydrogens is 260 g/mol. The third-order valence-corrected chi connectivity index (χ3v) is 3.85. The molecule has 0 saturated carbocycles. The van der Waals surface area contributed by atoms with Gasteiger partial charge in [-0.1, -0.05) is 0 Å². The first-order chi connectivity index (χ1) is 9.08. The second kappa shape index (κ2) is 5.75. The first-order valence-corrected chi connectivity index (χ1v) is 6.64.